The van der Waals surface area contributed by atoms with Gasteiger partial charge in [0.15, 0.2) is 0 Å². The molecule has 1 amide bonds. The molecular formula is C14H18BrNO. The van der Waals surface area contributed by atoms with Crippen LogP contribution in [0.1, 0.15) is 36.1 Å². The van der Waals surface area contributed by atoms with Gasteiger partial charge in [0.1, 0.15) is 0 Å². The van der Waals surface area contributed by atoms with Crippen LogP contribution < -0.4 is 5.32 Å². The molecule has 0 aliphatic heterocycles. The van der Waals surface area contributed by atoms with Crippen LogP contribution in [0.2, 0.25) is 0 Å². The van der Waals surface area contributed by atoms with Gasteiger partial charge in [0, 0.05) is 13.0 Å². The molecule has 0 heterocycles. The van der Waals surface area contributed by atoms with Crippen molar-refractivity contribution in [3.63, 3.8) is 0 Å². The lowest BCUT2D eigenvalue weighted by Crippen LogP contribution is -2.30. The van der Waals surface area contributed by atoms with E-state index in [1.54, 1.807) is 0 Å². The summed E-state index contributed by atoms with van der Waals surface area (Å²) in [5.74, 6) is 0.829. The molecule has 0 radical (unpaired) electrons. The molecule has 1 unspecified atom stereocenters. The largest absolute Gasteiger partial charge is 0.355 e. The molecule has 2 nitrogen and oxygen atoms in total. The van der Waals surface area contributed by atoms with Gasteiger partial charge in [0.05, 0.1) is 4.83 Å². The molecule has 3 heteroatoms. The molecule has 1 N–H and O–H groups in total. The van der Waals surface area contributed by atoms with Gasteiger partial charge < -0.3 is 5.32 Å². The van der Waals surface area contributed by atoms with E-state index < -0.39 is 0 Å². The molecule has 0 saturated heterocycles. The molecule has 1 aromatic carbocycles. The Balaban J connectivity index is 1.72. The van der Waals surface area contributed by atoms with Crippen molar-refractivity contribution in [2.75, 3.05) is 6.54 Å². The number of carbonyl (C=O) groups excluding carboxylic acids is 1. The average molecular weight is 296 g/mol. The van der Waals surface area contributed by atoms with Gasteiger partial charge in [0.25, 0.3) is 0 Å². The lowest BCUT2D eigenvalue weighted by atomic mass is 9.83. The standard InChI is InChI=1S/C14H18BrNO/c15-13(12-7-2-1-3-8-12)10-16-14(17)9-11-5-4-6-11/h1-3,7-8,11,13H,4-6,9-10H2,(H,16,17). The van der Waals surface area contributed by atoms with Gasteiger partial charge in [-0.3, -0.25) is 4.79 Å². The highest BCUT2D eigenvalue weighted by Gasteiger charge is 2.20. The third-order valence-electron chi connectivity index (χ3n) is 3.34. The van der Waals surface area contributed by atoms with Crippen LogP contribution in [-0.2, 0) is 4.79 Å². The first-order chi connectivity index (χ1) is 8.25. The van der Waals surface area contributed by atoms with Gasteiger partial charge in [-0.05, 0) is 24.3 Å². The molecule has 92 valence electrons. The third kappa shape index (κ3) is 3.84. The number of carbonyl (C=O) groups is 1. The molecule has 1 atom stereocenters. The first kappa shape index (κ1) is 12.6. The molecule has 1 aliphatic carbocycles. The van der Waals surface area contributed by atoms with Gasteiger partial charge in [-0.25, -0.2) is 0 Å². The Bertz CT molecular complexity index is 362. The van der Waals surface area contributed by atoms with Crippen molar-refractivity contribution in [1.29, 1.82) is 0 Å². The molecule has 1 aliphatic rings. The summed E-state index contributed by atoms with van der Waals surface area (Å²) in [5, 5.41) is 2.99. The second-order valence-electron chi connectivity index (χ2n) is 4.68. The summed E-state index contributed by atoms with van der Waals surface area (Å²) >= 11 is 3.60. The lowest BCUT2D eigenvalue weighted by Gasteiger charge is -2.24. The van der Waals surface area contributed by atoms with Crippen LogP contribution in [0.5, 0.6) is 0 Å². The average Bonchev–Trinajstić information content (AvgIpc) is 2.32. The normalized spacial score (nSPS) is 17.2. The molecule has 1 fully saturated rings. The first-order valence-electron chi connectivity index (χ1n) is 6.21. The summed E-state index contributed by atoms with van der Waals surface area (Å²) in [5.41, 5.74) is 1.21. The fraction of sp³-hybridized carbons (Fsp3) is 0.500. The van der Waals surface area contributed by atoms with Crippen LogP contribution in [0.3, 0.4) is 0 Å². The van der Waals surface area contributed by atoms with Crippen molar-refractivity contribution >= 4 is 21.8 Å². The topological polar surface area (TPSA) is 29.1 Å². The number of alkyl halides is 1. The van der Waals surface area contributed by atoms with Crippen molar-refractivity contribution in [1.82, 2.24) is 5.32 Å². The molecule has 2 rings (SSSR count). The monoisotopic (exact) mass is 295 g/mol. The van der Waals surface area contributed by atoms with Gasteiger partial charge in [-0.2, -0.15) is 0 Å². The second kappa shape index (κ2) is 6.20. The maximum atomic E-state index is 11.7. The molecular weight excluding hydrogens is 278 g/mol. The van der Waals surface area contributed by atoms with Crippen molar-refractivity contribution < 1.29 is 4.79 Å². The molecule has 1 aromatic rings. The van der Waals surface area contributed by atoms with E-state index >= 15 is 0 Å². The summed E-state index contributed by atoms with van der Waals surface area (Å²) in [6.45, 7) is 0.662. The summed E-state index contributed by atoms with van der Waals surface area (Å²) in [7, 11) is 0. The van der Waals surface area contributed by atoms with E-state index in [0.29, 0.717) is 18.9 Å². The predicted molar refractivity (Wildman–Crippen MR) is 73.1 cm³/mol. The van der Waals surface area contributed by atoms with Gasteiger partial charge in [-0.15, -0.1) is 0 Å². The Kier molecular flexibility index (Phi) is 4.60. The third-order valence-corrected chi connectivity index (χ3v) is 4.19. The van der Waals surface area contributed by atoms with Crippen molar-refractivity contribution in [2.24, 2.45) is 5.92 Å². The van der Waals surface area contributed by atoms with Crippen LogP contribution in [-0.4, -0.2) is 12.5 Å². The van der Waals surface area contributed by atoms with E-state index in [1.807, 2.05) is 18.2 Å². The van der Waals surface area contributed by atoms with Crippen LogP contribution in [0.4, 0.5) is 0 Å². The second-order valence-corrected chi connectivity index (χ2v) is 5.79. The van der Waals surface area contributed by atoms with Crippen LogP contribution in [0, 0.1) is 5.92 Å². The Hall–Kier alpha value is -0.830. The summed E-state index contributed by atoms with van der Waals surface area (Å²) in [6.07, 6.45) is 4.45. The molecule has 0 spiro atoms. The van der Waals surface area contributed by atoms with Crippen LogP contribution >= 0.6 is 15.9 Å². The fourth-order valence-electron chi connectivity index (χ4n) is 2.01. The Morgan fingerprint density at radius 1 is 1.35 bits per heavy atom. The van der Waals surface area contributed by atoms with Crippen LogP contribution in [0.25, 0.3) is 0 Å². The Morgan fingerprint density at radius 2 is 2.06 bits per heavy atom. The fourth-order valence-corrected chi connectivity index (χ4v) is 2.48. The smallest absolute Gasteiger partial charge is 0.220 e. The van der Waals surface area contributed by atoms with E-state index in [0.717, 1.165) is 0 Å². The number of hydrogen-bond acceptors (Lipinski definition) is 1. The van der Waals surface area contributed by atoms with Gasteiger partial charge in [0.2, 0.25) is 5.91 Å². The van der Waals surface area contributed by atoms with Crippen molar-refractivity contribution in [3.05, 3.63) is 35.9 Å². The number of hydrogen-bond donors (Lipinski definition) is 1. The SMILES string of the molecule is O=C(CC1CCC1)NCC(Br)c1ccccc1. The summed E-state index contributed by atoms with van der Waals surface area (Å²) < 4.78 is 0. The van der Waals surface area contributed by atoms with E-state index in [-0.39, 0.29) is 10.7 Å². The Labute approximate surface area is 111 Å². The minimum atomic E-state index is 0.190. The predicted octanol–water partition coefficient (Wildman–Crippen LogP) is 3.43. The minimum Gasteiger partial charge on any atom is -0.355 e. The molecule has 17 heavy (non-hydrogen) atoms. The van der Waals surface area contributed by atoms with Gasteiger partial charge >= 0.3 is 0 Å². The number of nitrogens with one attached hydrogen (secondary N) is 1. The maximum absolute atomic E-state index is 11.7. The number of halogens is 1. The summed E-state index contributed by atoms with van der Waals surface area (Å²) in [6, 6.07) is 10.2. The minimum absolute atomic E-state index is 0.190. The highest BCUT2D eigenvalue weighted by atomic mass is 79.9. The molecule has 0 bridgehead atoms. The lowest BCUT2D eigenvalue weighted by molar-refractivity contribution is -0.122. The highest BCUT2D eigenvalue weighted by molar-refractivity contribution is 9.09. The number of amides is 1. The van der Waals surface area contributed by atoms with Gasteiger partial charge in [-0.1, -0.05) is 52.7 Å². The zero-order chi connectivity index (χ0) is 12.1. The zero-order valence-corrected chi connectivity index (χ0v) is 11.4. The van der Waals surface area contributed by atoms with Crippen LogP contribution in [0.15, 0.2) is 30.3 Å². The number of rotatable bonds is 5. The zero-order valence-electron chi connectivity index (χ0n) is 9.86. The van der Waals surface area contributed by atoms with Crippen molar-refractivity contribution in [2.45, 2.75) is 30.5 Å². The van der Waals surface area contributed by atoms with E-state index in [9.17, 15) is 4.79 Å². The maximum Gasteiger partial charge on any atom is 0.220 e. The Morgan fingerprint density at radius 3 is 2.65 bits per heavy atom. The first-order valence-corrected chi connectivity index (χ1v) is 7.13. The quantitative estimate of drug-likeness (QED) is 0.829. The van der Waals surface area contributed by atoms with E-state index in [4.69, 9.17) is 0 Å². The molecule has 0 aromatic heterocycles. The van der Waals surface area contributed by atoms with E-state index in [1.165, 1.54) is 24.8 Å². The van der Waals surface area contributed by atoms with E-state index in [2.05, 4.69) is 33.4 Å². The van der Waals surface area contributed by atoms with Crippen molar-refractivity contribution in [3.8, 4) is 0 Å². The molecule has 1 saturated carbocycles. The highest BCUT2D eigenvalue weighted by Crippen LogP contribution is 2.29. The number of benzene rings is 1. The summed E-state index contributed by atoms with van der Waals surface area (Å²) in [4.78, 5) is 11.9.